The Balaban J connectivity index is 2.07. The Morgan fingerprint density at radius 1 is 1.33 bits per heavy atom. The largest absolute Gasteiger partial charge is 0.242 e. The zero-order chi connectivity index (χ0) is 13.3. The van der Waals surface area contributed by atoms with Crippen LogP contribution < -0.4 is 0 Å². The summed E-state index contributed by atoms with van der Waals surface area (Å²) >= 11 is 0. The van der Waals surface area contributed by atoms with E-state index in [9.17, 15) is 4.21 Å². The normalized spacial score (nSPS) is 28.7. The maximum atomic E-state index is 12.4. The van der Waals surface area contributed by atoms with Crippen molar-refractivity contribution in [1.82, 2.24) is 4.31 Å². The van der Waals surface area contributed by atoms with Crippen molar-refractivity contribution in [3.05, 3.63) is 48.6 Å². The second-order valence-electron chi connectivity index (χ2n) is 5.70. The lowest BCUT2D eigenvalue weighted by molar-refractivity contribution is 0.599. The topological polar surface area (TPSA) is 20.1 Å². The SMILES string of the molecule is C=C[C@@H]1[C@@H](Cc2ccccc2)N1S(=O)C(C)(C)C. The Kier molecular flexibility index (Phi) is 3.74. The predicted octanol–water partition coefficient (Wildman–Crippen LogP) is 2.93. The van der Waals surface area contributed by atoms with Gasteiger partial charge in [0.25, 0.3) is 0 Å². The van der Waals surface area contributed by atoms with Crippen LogP contribution in [0.4, 0.5) is 0 Å². The first-order valence-electron chi connectivity index (χ1n) is 6.32. The highest BCUT2D eigenvalue weighted by atomic mass is 32.2. The molecule has 2 rings (SSSR count). The van der Waals surface area contributed by atoms with Crippen molar-refractivity contribution in [3.8, 4) is 0 Å². The lowest BCUT2D eigenvalue weighted by Gasteiger charge is -2.18. The molecule has 0 aromatic heterocycles. The van der Waals surface area contributed by atoms with Gasteiger partial charge in [-0.25, -0.2) is 8.51 Å². The van der Waals surface area contributed by atoms with Crippen LogP contribution in [0.1, 0.15) is 26.3 Å². The van der Waals surface area contributed by atoms with E-state index >= 15 is 0 Å². The van der Waals surface area contributed by atoms with Crippen LogP contribution in [0.25, 0.3) is 0 Å². The zero-order valence-electron chi connectivity index (χ0n) is 11.3. The molecule has 1 aromatic carbocycles. The van der Waals surface area contributed by atoms with E-state index in [4.69, 9.17) is 0 Å². The van der Waals surface area contributed by atoms with Crippen LogP contribution in [0.3, 0.4) is 0 Å². The van der Waals surface area contributed by atoms with Crippen molar-refractivity contribution >= 4 is 11.0 Å². The number of rotatable bonds is 4. The summed E-state index contributed by atoms with van der Waals surface area (Å²) in [7, 11) is -0.950. The molecule has 1 aromatic rings. The van der Waals surface area contributed by atoms with Crippen LogP contribution in [0, 0.1) is 0 Å². The van der Waals surface area contributed by atoms with Crippen molar-refractivity contribution in [3.63, 3.8) is 0 Å². The summed E-state index contributed by atoms with van der Waals surface area (Å²) in [6.45, 7) is 9.90. The molecule has 1 saturated heterocycles. The van der Waals surface area contributed by atoms with E-state index in [0.29, 0.717) is 6.04 Å². The summed E-state index contributed by atoms with van der Waals surface area (Å²) in [5, 5.41) is 0. The van der Waals surface area contributed by atoms with Gasteiger partial charge in [0.2, 0.25) is 0 Å². The maximum absolute atomic E-state index is 12.4. The highest BCUT2D eigenvalue weighted by molar-refractivity contribution is 7.84. The second kappa shape index (κ2) is 4.98. The molecule has 0 radical (unpaired) electrons. The fourth-order valence-electron chi connectivity index (χ4n) is 2.15. The molecule has 1 fully saturated rings. The molecule has 98 valence electrons. The van der Waals surface area contributed by atoms with Gasteiger partial charge in [-0.1, -0.05) is 36.4 Å². The summed E-state index contributed by atoms with van der Waals surface area (Å²) < 4.78 is 14.3. The standard InChI is InChI=1S/C15H21NOS/c1-5-13-14(11-12-9-7-6-8-10-12)16(13)18(17)15(2,3)4/h5-10,13-14H,1,11H2,2-4H3/t13-,14-,16?,18?/m1/s1. The van der Waals surface area contributed by atoms with E-state index in [1.807, 2.05) is 45.0 Å². The molecule has 0 aliphatic carbocycles. The first kappa shape index (κ1) is 13.5. The molecule has 4 atom stereocenters. The van der Waals surface area contributed by atoms with Gasteiger partial charge in [-0.2, -0.15) is 0 Å². The Bertz CT molecular complexity index is 449. The van der Waals surface area contributed by atoms with Gasteiger partial charge in [0.15, 0.2) is 0 Å². The summed E-state index contributed by atoms with van der Waals surface area (Å²) in [4.78, 5) is 0. The van der Waals surface area contributed by atoms with Crippen LogP contribution >= 0.6 is 0 Å². The van der Waals surface area contributed by atoms with Crippen LogP contribution in [0.2, 0.25) is 0 Å². The van der Waals surface area contributed by atoms with Crippen LogP contribution in [-0.4, -0.2) is 25.3 Å². The van der Waals surface area contributed by atoms with E-state index in [1.54, 1.807) is 0 Å². The average Bonchev–Trinajstić information content (AvgIpc) is 3.01. The molecule has 3 heteroatoms. The first-order chi connectivity index (χ1) is 8.45. The number of nitrogens with zero attached hydrogens (tertiary/aromatic N) is 1. The van der Waals surface area contributed by atoms with Gasteiger partial charge < -0.3 is 0 Å². The molecule has 0 bridgehead atoms. The van der Waals surface area contributed by atoms with Gasteiger partial charge in [0, 0.05) is 6.04 Å². The summed E-state index contributed by atoms with van der Waals surface area (Å²) in [6, 6.07) is 11.0. The van der Waals surface area contributed by atoms with Crippen LogP contribution in [0.15, 0.2) is 43.0 Å². The smallest absolute Gasteiger partial charge is 0.101 e. The van der Waals surface area contributed by atoms with E-state index in [-0.39, 0.29) is 10.8 Å². The Morgan fingerprint density at radius 2 is 1.94 bits per heavy atom. The highest BCUT2D eigenvalue weighted by Crippen LogP contribution is 2.37. The minimum Gasteiger partial charge on any atom is -0.242 e. The lowest BCUT2D eigenvalue weighted by Crippen LogP contribution is -2.28. The number of hydrogen-bond acceptors (Lipinski definition) is 1. The quantitative estimate of drug-likeness (QED) is 0.604. The molecule has 0 spiro atoms. The van der Waals surface area contributed by atoms with Gasteiger partial charge in [0.1, 0.15) is 11.0 Å². The third kappa shape index (κ3) is 2.73. The Labute approximate surface area is 112 Å². The van der Waals surface area contributed by atoms with Crippen LogP contribution in [0.5, 0.6) is 0 Å². The molecule has 2 unspecified atom stereocenters. The number of benzene rings is 1. The molecular formula is C15H21NOS. The van der Waals surface area contributed by atoms with Gasteiger partial charge >= 0.3 is 0 Å². The van der Waals surface area contributed by atoms with Crippen molar-refractivity contribution < 1.29 is 4.21 Å². The molecule has 1 aliphatic rings. The Morgan fingerprint density at radius 3 is 2.44 bits per heavy atom. The molecule has 18 heavy (non-hydrogen) atoms. The highest BCUT2D eigenvalue weighted by Gasteiger charge is 2.51. The van der Waals surface area contributed by atoms with Gasteiger partial charge in [-0.15, -0.1) is 6.58 Å². The molecule has 0 N–H and O–H groups in total. The van der Waals surface area contributed by atoms with Gasteiger partial charge in [-0.3, -0.25) is 0 Å². The zero-order valence-corrected chi connectivity index (χ0v) is 12.1. The third-order valence-electron chi connectivity index (χ3n) is 3.17. The minimum atomic E-state index is -0.950. The molecule has 0 amide bonds. The number of hydrogen-bond donors (Lipinski definition) is 0. The molecule has 2 nitrogen and oxygen atoms in total. The van der Waals surface area contributed by atoms with Crippen LogP contribution in [-0.2, 0) is 17.4 Å². The minimum absolute atomic E-state index is 0.202. The van der Waals surface area contributed by atoms with Crippen molar-refractivity contribution in [2.45, 2.75) is 44.0 Å². The van der Waals surface area contributed by atoms with Gasteiger partial charge in [-0.05, 0) is 32.8 Å². The fourth-order valence-corrected chi connectivity index (χ4v) is 3.62. The molecule has 1 aliphatic heterocycles. The Hall–Kier alpha value is -0.930. The third-order valence-corrected chi connectivity index (χ3v) is 5.11. The summed E-state index contributed by atoms with van der Waals surface area (Å²) in [6.07, 6.45) is 2.86. The predicted molar refractivity (Wildman–Crippen MR) is 77.7 cm³/mol. The van der Waals surface area contributed by atoms with E-state index in [1.165, 1.54) is 5.56 Å². The monoisotopic (exact) mass is 263 g/mol. The summed E-state index contributed by atoms with van der Waals surface area (Å²) in [5.41, 5.74) is 1.29. The van der Waals surface area contributed by atoms with Crippen molar-refractivity contribution in [2.24, 2.45) is 0 Å². The fraction of sp³-hybridized carbons (Fsp3) is 0.467. The molecule has 1 heterocycles. The lowest BCUT2D eigenvalue weighted by atomic mass is 10.1. The van der Waals surface area contributed by atoms with E-state index in [0.717, 1.165) is 6.42 Å². The molecular weight excluding hydrogens is 242 g/mol. The maximum Gasteiger partial charge on any atom is 0.101 e. The molecule has 0 saturated carbocycles. The van der Waals surface area contributed by atoms with Crippen molar-refractivity contribution in [1.29, 1.82) is 0 Å². The second-order valence-corrected chi connectivity index (χ2v) is 7.85. The van der Waals surface area contributed by atoms with E-state index in [2.05, 4.69) is 23.0 Å². The van der Waals surface area contributed by atoms with E-state index < -0.39 is 11.0 Å². The average molecular weight is 263 g/mol. The van der Waals surface area contributed by atoms with Gasteiger partial charge in [0.05, 0.1) is 10.8 Å². The summed E-state index contributed by atoms with van der Waals surface area (Å²) in [5.74, 6) is 0. The van der Waals surface area contributed by atoms with Crippen molar-refractivity contribution in [2.75, 3.05) is 0 Å². The first-order valence-corrected chi connectivity index (χ1v) is 7.42.